The number of halogens is 2. The van der Waals surface area contributed by atoms with Gasteiger partial charge in [-0.3, -0.25) is 5.01 Å². The number of rotatable bonds is 4. The van der Waals surface area contributed by atoms with Gasteiger partial charge in [0.1, 0.15) is 11.6 Å². The second-order valence-corrected chi connectivity index (χ2v) is 4.63. The van der Waals surface area contributed by atoms with Gasteiger partial charge >= 0.3 is 0 Å². The highest BCUT2D eigenvalue weighted by molar-refractivity contribution is 6.09. The van der Waals surface area contributed by atoms with E-state index in [2.05, 4.69) is 5.10 Å². The minimum absolute atomic E-state index is 0.117. The van der Waals surface area contributed by atoms with Crippen molar-refractivity contribution in [1.29, 1.82) is 0 Å². The molecule has 0 aliphatic carbocycles. The summed E-state index contributed by atoms with van der Waals surface area (Å²) < 4.78 is 33.5. The van der Waals surface area contributed by atoms with Crippen molar-refractivity contribution < 1.29 is 13.5 Å². The molecule has 0 amide bonds. The van der Waals surface area contributed by atoms with Gasteiger partial charge < -0.3 is 4.74 Å². The molecule has 1 aromatic carbocycles. The number of allylic oxidation sites excluding steroid dienone is 3. The Hall–Kier alpha value is -2.01. The second-order valence-electron chi connectivity index (χ2n) is 4.63. The average Bonchev–Trinajstić information content (AvgIpc) is 2.44. The third-order valence-electron chi connectivity index (χ3n) is 3.17. The number of likely N-dealkylation sites (N-methyl/N-ethyl adjacent to an activating group) is 1. The predicted octanol–water partition coefficient (Wildman–Crippen LogP) is 3.61. The summed E-state index contributed by atoms with van der Waals surface area (Å²) in [5, 5.41) is 5.79. The lowest BCUT2D eigenvalue weighted by Gasteiger charge is -2.20. The molecule has 0 aromatic heterocycles. The Balaban J connectivity index is 2.35. The van der Waals surface area contributed by atoms with Crippen molar-refractivity contribution in [2.24, 2.45) is 5.10 Å². The van der Waals surface area contributed by atoms with Crippen LogP contribution in [0.15, 0.2) is 41.2 Å². The van der Waals surface area contributed by atoms with Gasteiger partial charge in [-0.15, -0.1) is 0 Å². The Morgan fingerprint density at radius 3 is 2.43 bits per heavy atom. The van der Waals surface area contributed by atoms with E-state index in [1.54, 1.807) is 24.2 Å². The van der Waals surface area contributed by atoms with Crippen LogP contribution in [0.3, 0.4) is 0 Å². The van der Waals surface area contributed by atoms with Gasteiger partial charge in [-0.05, 0) is 43.7 Å². The number of nitrogens with zero attached hydrogens (tertiary/aromatic N) is 2. The fraction of sp³-hybridized carbons (Fsp3) is 0.312. The number of hydrogen-bond acceptors (Lipinski definition) is 3. The summed E-state index contributed by atoms with van der Waals surface area (Å²) in [6.45, 7) is 4.39. The first-order chi connectivity index (χ1) is 10.1. The number of ether oxygens (including phenoxy) is 1. The first-order valence-corrected chi connectivity index (χ1v) is 6.79. The van der Waals surface area contributed by atoms with Crippen LogP contribution in [0.5, 0.6) is 0 Å². The SMILES string of the molecule is CC=C1C=CC(c2c(F)cc(COCC)cc2F)=NN1C. The molecule has 0 atom stereocenters. The molecule has 0 bridgehead atoms. The van der Waals surface area contributed by atoms with Gasteiger partial charge in [0.25, 0.3) is 0 Å². The summed E-state index contributed by atoms with van der Waals surface area (Å²) in [7, 11) is 1.73. The van der Waals surface area contributed by atoms with E-state index in [1.165, 1.54) is 12.1 Å². The van der Waals surface area contributed by atoms with Crippen LogP contribution in [-0.4, -0.2) is 24.4 Å². The van der Waals surface area contributed by atoms with Crippen LogP contribution in [-0.2, 0) is 11.3 Å². The van der Waals surface area contributed by atoms with E-state index in [0.29, 0.717) is 12.2 Å². The number of hydrogen-bond donors (Lipinski definition) is 0. The van der Waals surface area contributed by atoms with Gasteiger partial charge in [0.05, 0.1) is 23.6 Å². The predicted molar refractivity (Wildman–Crippen MR) is 78.9 cm³/mol. The maximum Gasteiger partial charge on any atom is 0.135 e. The molecule has 0 unspecified atom stereocenters. The van der Waals surface area contributed by atoms with Crippen LogP contribution < -0.4 is 0 Å². The molecule has 1 aliphatic rings. The van der Waals surface area contributed by atoms with Crippen molar-refractivity contribution in [2.45, 2.75) is 20.5 Å². The van der Waals surface area contributed by atoms with Crippen molar-refractivity contribution in [3.05, 3.63) is 58.8 Å². The van der Waals surface area contributed by atoms with Crippen molar-refractivity contribution in [2.75, 3.05) is 13.7 Å². The van der Waals surface area contributed by atoms with Gasteiger partial charge in [-0.25, -0.2) is 8.78 Å². The Bertz CT molecular complexity index is 598. The molecule has 0 radical (unpaired) electrons. The van der Waals surface area contributed by atoms with Crippen molar-refractivity contribution >= 4 is 5.71 Å². The van der Waals surface area contributed by atoms with Crippen LogP contribution in [0.2, 0.25) is 0 Å². The molecule has 0 N–H and O–H groups in total. The molecule has 2 rings (SSSR count). The molecule has 0 saturated carbocycles. The van der Waals surface area contributed by atoms with Crippen LogP contribution in [0.1, 0.15) is 25.0 Å². The lowest BCUT2D eigenvalue weighted by molar-refractivity contribution is 0.133. The maximum atomic E-state index is 14.2. The third kappa shape index (κ3) is 3.36. The molecule has 112 valence electrons. The maximum absolute atomic E-state index is 14.2. The van der Waals surface area contributed by atoms with E-state index >= 15 is 0 Å². The monoisotopic (exact) mass is 292 g/mol. The lowest BCUT2D eigenvalue weighted by Crippen LogP contribution is -2.18. The zero-order valence-corrected chi connectivity index (χ0v) is 12.4. The summed E-state index contributed by atoms with van der Waals surface area (Å²) in [6, 6.07) is 2.57. The van der Waals surface area contributed by atoms with Crippen molar-refractivity contribution in [1.82, 2.24) is 5.01 Å². The van der Waals surface area contributed by atoms with E-state index in [9.17, 15) is 8.78 Å². The molecule has 1 aromatic rings. The Morgan fingerprint density at radius 1 is 1.24 bits per heavy atom. The fourth-order valence-corrected chi connectivity index (χ4v) is 2.11. The van der Waals surface area contributed by atoms with Crippen molar-refractivity contribution in [3.8, 4) is 0 Å². The van der Waals surface area contributed by atoms with Crippen LogP contribution >= 0.6 is 0 Å². The van der Waals surface area contributed by atoms with E-state index in [0.717, 1.165) is 5.70 Å². The standard InChI is InChI=1S/C16H18F2N2O/c1-4-12-6-7-15(19-20(12)3)16-13(17)8-11(9-14(16)18)10-21-5-2/h4,6-9H,5,10H2,1-3H3. The Kier molecular flexibility index (Phi) is 4.85. The van der Waals surface area contributed by atoms with Crippen LogP contribution in [0, 0.1) is 11.6 Å². The average molecular weight is 292 g/mol. The largest absolute Gasteiger partial charge is 0.377 e. The molecule has 1 aliphatic heterocycles. The van der Waals surface area contributed by atoms with E-state index in [4.69, 9.17) is 4.74 Å². The Labute approximate surface area is 123 Å². The highest BCUT2D eigenvalue weighted by Crippen LogP contribution is 2.21. The quantitative estimate of drug-likeness (QED) is 0.847. The first-order valence-electron chi connectivity index (χ1n) is 6.79. The van der Waals surface area contributed by atoms with Crippen LogP contribution in [0.4, 0.5) is 8.78 Å². The Morgan fingerprint density at radius 2 is 1.90 bits per heavy atom. The van der Waals surface area contributed by atoms with Gasteiger partial charge in [0, 0.05) is 13.7 Å². The molecule has 0 saturated heterocycles. The number of hydrazone groups is 1. The highest BCUT2D eigenvalue weighted by Gasteiger charge is 2.18. The third-order valence-corrected chi connectivity index (χ3v) is 3.17. The number of benzene rings is 1. The van der Waals surface area contributed by atoms with E-state index < -0.39 is 11.6 Å². The molecule has 1 heterocycles. The summed E-state index contributed by atoms with van der Waals surface area (Å²) in [6.07, 6.45) is 5.25. The summed E-state index contributed by atoms with van der Waals surface area (Å²) >= 11 is 0. The highest BCUT2D eigenvalue weighted by atomic mass is 19.1. The molecule has 3 nitrogen and oxygen atoms in total. The molecule has 5 heteroatoms. The zero-order chi connectivity index (χ0) is 15.4. The van der Waals surface area contributed by atoms with Gasteiger partial charge in [-0.1, -0.05) is 6.08 Å². The second kappa shape index (κ2) is 6.63. The summed E-state index contributed by atoms with van der Waals surface area (Å²) in [4.78, 5) is 0. The van der Waals surface area contributed by atoms with Gasteiger partial charge in [-0.2, -0.15) is 5.10 Å². The topological polar surface area (TPSA) is 24.8 Å². The summed E-state index contributed by atoms with van der Waals surface area (Å²) in [5.41, 5.74) is 1.49. The van der Waals surface area contributed by atoms with E-state index in [1.807, 2.05) is 19.9 Å². The molecule has 0 spiro atoms. The molecular weight excluding hydrogens is 274 g/mol. The van der Waals surface area contributed by atoms with Gasteiger partial charge in [0.2, 0.25) is 0 Å². The van der Waals surface area contributed by atoms with Crippen molar-refractivity contribution in [3.63, 3.8) is 0 Å². The first kappa shape index (κ1) is 15.4. The van der Waals surface area contributed by atoms with Gasteiger partial charge in [0.15, 0.2) is 0 Å². The minimum Gasteiger partial charge on any atom is -0.377 e. The smallest absolute Gasteiger partial charge is 0.135 e. The summed E-state index contributed by atoms with van der Waals surface area (Å²) in [5.74, 6) is -1.27. The molecular formula is C16H18F2N2O. The van der Waals surface area contributed by atoms with Crippen LogP contribution in [0.25, 0.3) is 0 Å². The zero-order valence-electron chi connectivity index (χ0n) is 12.4. The molecule has 21 heavy (non-hydrogen) atoms. The normalized spacial score (nSPS) is 16.5. The minimum atomic E-state index is -0.634. The molecule has 0 fully saturated rings. The van der Waals surface area contributed by atoms with E-state index in [-0.39, 0.29) is 17.9 Å². The fourth-order valence-electron chi connectivity index (χ4n) is 2.11. The lowest BCUT2D eigenvalue weighted by atomic mass is 10.0.